The maximum Gasteiger partial charge on any atom is 0.238 e. The summed E-state index contributed by atoms with van der Waals surface area (Å²) in [6.45, 7) is 4.29. The Hall–Kier alpha value is -1.05. The van der Waals surface area contributed by atoms with Crippen molar-refractivity contribution in [2.24, 2.45) is 10.1 Å². The summed E-state index contributed by atoms with van der Waals surface area (Å²) in [4.78, 5) is 4.84. The SMILES string of the molecule is CCC1(C)CCSC(Nc2ccc(S(N)(=O)=O)cc2)=N1. The van der Waals surface area contributed by atoms with Crippen molar-refractivity contribution < 1.29 is 8.42 Å². The fourth-order valence-electron chi connectivity index (χ4n) is 1.87. The van der Waals surface area contributed by atoms with Crippen molar-refractivity contribution in [3.05, 3.63) is 24.3 Å². The molecule has 1 aromatic carbocycles. The molecule has 1 unspecified atom stereocenters. The van der Waals surface area contributed by atoms with E-state index in [-0.39, 0.29) is 10.4 Å². The van der Waals surface area contributed by atoms with Crippen LogP contribution in [0.2, 0.25) is 0 Å². The molecule has 0 aliphatic carbocycles. The molecule has 2 rings (SSSR count). The average molecular weight is 313 g/mol. The third-order valence-electron chi connectivity index (χ3n) is 3.45. The summed E-state index contributed by atoms with van der Waals surface area (Å²) in [5.41, 5.74) is 0.803. The Kier molecular flexibility index (Phi) is 4.41. The molecule has 1 aliphatic rings. The molecule has 0 fully saturated rings. The largest absolute Gasteiger partial charge is 0.335 e. The highest BCUT2D eigenvalue weighted by Crippen LogP contribution is 2.29. The van der Waals surface area contributed by atoms with Crippen molar-refractivity contribution in [1.82, 2.24) is 0 Å². The van der Waals surface area contributed by atoms with Crippen LogP contribution in [0, 0.1) is 0 Å². The van der Waals surface area contributed by atoms with Gasteiger partial charge in [-0.3, -0.25) is 4.99 Å². The molecule has 1 aromatic rings. The minimum Gasteiger partial charge on any atom is -0.335 e. The number of hydrogen-bond acceptors (Lipinski definition) is 5. The number of amidine groups is 1. The van der Waals surface area contributed by atoms with Gasteiger partial charge in [-0.1, -0.05) is 18.7 Å². The number of aliphatic imine (C=N–C) groups is 1. The lowest BCUT2D eigenvalue weighted by Crippen LogP contribution is -2.29. The standard InChI is InChI=1S/C13H19N3O2S2/c1-3-13(2)8-9-19-12(16-13)15-10-4-6-11(7-5-10)20(14,17)18/h4-7H,3,8-9H2,1-2H3,(H,15,16)(H2,14,17,18). The number of thioether (sulfide) groups is 1. The van der Waals surface area contributed by atoms with Crippen LogP contribution in [-0.4, -0.2) is 24.9 Å². The summed E-state index contributed by atoms with van der Waals surface area (Å²) in [6.07, 6.45) is 2.08. The minimum atomic E-state index is -3.64. The van der Waals surface area contributed by atoms with Crippen molar-refractivity contribution >= 4 is 32.6 Å². The molecular weight excluding hydrogens is 294 g/mol. The lowest BCUT2D eigenvalue weighted by Gasteiger charge is -2.29. The summed E-state index contributed by atoms with van der Waals surface area (Å²) in [6, 6.07) is 6.37. The lowest BCUT2D eigenvalue weighted by molar-refractivity contribution is 0.443. The first kappa shape index (κ1) is 15.3. The van der Waals surface area contributed by atoms with Crippen molar-refractivity contribution in [3.8, 4) is 0 Å². The molecule has 0 bridgehead atoms. The summed E-state index contributed by atoms with van der Waals surface area (Å²) in [7, 11) is -3.64. The molecule has 0 saturated carbocycles. The number of nitrogens with one attached hydrogen (secondary N) is 1. The molecule has 0 spiro atoms. The van der Waals surface area contributed by atoms with Gasteiger partial charge >= 0.3 is 0 Å². The van der Waals surface area contributed by atoms with Gasteiger partial charge in [-0.15, -0.1) is 0 Å². The zero-order valence-corrected chi connectivity index (χ0v) is 13.2. The first-order valence-corrected chi connectivity index (χ1v) is 8.98. The van der Waals surface area contributed by atoms with Gasteiger partial charge in [-0.25, -0.2) is 13.6 Å². The highest BCUT2D eigenvalue weighted by Gasteiger charge is 2.25. The Balaban J connectivity index is 2.15. The highest BCUT2D eigenvalue weighted by molar-refractivity contribution is 8.14. The number of sulfonamides is 1. The molecule has 5 nitrogen and oxygen atoms in total. The van der Waals surface area contributed by atoms with Crippen LogP contribution >= 0.6 is 11.8 Å². The van der Waals surface area contributed by atoms with Gasteiger partial charge in [0, 0.05) is 11.4 Å². The van der Waals surface area contributed by atoms with Gasteiger partial charge in [0.25, 0.3) is 0 Å². The Bertz CT molecular complexity index is 611. The van der Waals surface area contributed by atoms with Crippen LogP contribution in [0.3, 0.4) is 0 Å². The highest BCUT2D eigenvalue weighted by atomic mass is 32.2. The van der Waals surface area contributed by atoms with E-state index in [2.05, 4.69) is 19.2 Å². The third kappa shape index (κ3) is 3.74. The Morgan fingerprint density at radius 3 is 2.60 bits per heavy atom. The van der Waals surface area contributed by atoms with Gasteiger partial charge in [-0.05, 0) is 44.0 Å². The first-order chi connectivity index (χ1) is 9.32. The molecule has 0 amide bonds. The van der Waals surface area contributed by atoms with E-state index in [1.54, 1.807) is 23.9 Å². The maximum atomic E-state index is 11.2. The third-order valence-corrected chi connectivity index (χ3v) is 5.25. The van der Waals surface area contributed by atoms with Gasteiger partial charge in [0.15, 0.2) is 5.17 Å². The van der Waals surface area contributed by atoms with E-state index in [0.717, 1.165) is 29.4 Å². The minimum absolute atomic E-state index is 0.00583. The second-order valence-corrected chi connectivity index (χ2v) is 7.71. The van der Waals surface area contributed by atoms with Crippen LogP contribution < -0.4 is 10.5 Å². The van der Waals surface area contributed by atoms with Crippen LogP contribution in [0.25, 0.3) is 0 Å². The molecule has 3 N–H and O–H groups in total. The summed E-state index contributed by atoms with van der Waals surface area (Å²) < 4.78 is 22.4. The number of benzene rings is 1. The lowest BCUT2D eigenvalue weighted by atomic mass is 9.97. The monoisotopic (exact) mass is 313 g/mol. The molecular formula is C13H19N3O2S2. The number of anilines is 1. The molecule has 1 heterocycles. The number of nitrogens with zero attached hydrogens (tertiary/aromatic N) is 1. The molecule has 0 radical (unpaired) electrons. The summed E-state index contributed by atoms with van der Waals surface area (Å²) in [5.74, 6) is 1.03. The van der Waals surface area contributed by atoms with E-state index in [0.29, 0.717) is 0 Å². The summed E-state index contributed by atoms with van der Waals surface area (Å²) >= 11 is 1.68. The fourth-order valence-corrected chi connectivity index (χ4v) is 3.60. The van der Waals surface area contributed by atoms with E-state index >= 15 is 0 Å². The average Bonchev–Trinajstić information content (AvgIpc) is 2.38. The number of rotatable bonds is 3. The number of primary sulfonamides is 1. The van der Waals surface area contributed by atoms with Crippen LogP contribution in [-0.2, 0) is 10.0 Å². The van der Waals surface area contributed by atoms with E-state index < -0.39 is 10.0 Å². The van der Waals surface area contributed by atoms with Crippen LogP contribution in [0.5, 0.6) is 0 Å². The van der Waals surface area contributed by atoms with Gasteiger partial charge in [0.1, 0.15) is 0 Å². The molecule has 110 valence electrons. The van der Waals surface area contributed by atoms with Crippen LogP contribution in [0.15, 0.2) is 34.2 Å². The fraction of sp³-hybridized carbons (Fsp3) is 0.462. The number of nitrogens with two attached hydrogens (primary N) is 1. The normalized spacial score (nSPS) is 23.2. The van der Waals surface area contributed by atoms with Crippen molar-refractivity contribution in [1.29, 1.82) is 0 Å². The Morgan fingerprint density at radius 2 is 2.05 bits per heavy atom. The van der Waals surface area contributed by atoms with E-state index in [1.807, 2.05) is 0 Å². The maximum absolute atomic E-state index is 11.2. The van der Waals surface area contributed by atoms with E-state index in [4.69, 9.17) is 10.1 Å². The quantitative estimate of drug-likeness (QED) is 0.897. The zero-order chi connectivity index (χ0) is 14.8. The predicted octanol–water partition coefficient (Wildman–Crippen LogP) is 2.41. The molecule has 1 atom stereocenters. The van der Waals surface area contributed by atoms with Crippen molar-refractivity contribution in [3.63, 3.8) is 0 Å². The van der Waals surface area contributed by atoms with Gasteiger partial charge in [0.2, 0.25) is 10.0 Å². The van der Waals surface area contributed by atoms with Crippen LogP contribution in [0.1, 0.15) is 26.7 Å². The molecule has 1 aliphatic heterocycles. The second-order valence-electron chi connectivity index (χ2n) is 5.06. The van der Waals surface area contributed by atoms with Gasteiger partial charge < -0.3 is 5.32 Å². The zero-order valence-electron chi connectivity index (χ0n) is 11.6. The predicted molar refractivity (Wildman–Crippen MR) is 84.6 cm³/mol. The smallest absolute Gasteiger partial charge is 0.238 e. The molecule has 7 heteroatoms. The van der Waals surface area contributed by atoms with Gasteiger partial charge in [-0.2, -0.15) is 0 Å². The van der Waals surface area contributed by atoms with Crippen LogP contribution in [0.4, 0.5) is 5.69 Å². The van der Waals surface area contributed by atoms with E-state index in [1.165, 1.54) is 12.1 Å². The molecule has 0 saturated heterocycles. The Morgan fingerprint density at radius 1 is 1.40 bits per heavy atom. The van der Waals surface area contributed by atoms with Crippen molar-refractivity contribution in [2.45, 2.75) is 37.1 Å². The van der Waals surface area contributed by atoms with E-state index in [9.17, 15) is 8.42 Å². The van der Waals surface area contributed by atoms with Crippen molar-refractivity contribution in [2.75, 3.05) is 11.1 Å². The topological polar surface area (TPSA) is 84.5 Å². The van der Waals surface area contributed by atoms with Gasteiger partial charge in [0.05, 0.1) is 10.4 Å². The number of hydrogen-bond donors (Lipinski definition) is 2. The first-order valence-electron chi connectivity index (χ1n) is 6.45. The second kappa shape index (κ2) is 5.75. The molecule has 0 aromatic heterocycles. The summed E-state index contributed by atoms with van der Waals surface area (Å²) in [5, 5.41) is 9.17. The molecule has 20 heavy (non-hydrogen) atoms. The Labute approximate surface area is 124 Å².